The zero-order valence-electron chi connectivity index (χ0n) is 12.8. The molecule has 5 nitrogen and oxygen atoms in total. The Balaban J connectivity index is 2.10. The average Bonchev–Trinajstić information content (AvgIpc) is 2.96. The first-order valence-electron chi connectivity index (χ1n) is 7.17. The molecule has 110 valence electrons. The molecule has 0 fully saturated rings. The summed E-state index contributed by atoms with van der Waals surface area (Å²) in [6.45, 7) is 0. The average molecular weight is 293 g/mol. The highest BCUT2D eigenvalue weighted by Crippen LogP contribution is 2.26. The van der Waals surface area contributed by atoms with Crippen LogP contribution in [0, 0.1) is 0 Å². The summed E-state index contributed by atoms with van der Waals surface area (Å²) < 4.78 is 6.27. The van der Waals surface area contributed by atoms with Crippen molar-refractivity contribution in [3.05, 3.63) is 42.5 Å². The second-order valence-electron chi connectivity index (χ2n) is 5.60. The molecule has 0 saturated heterocycles. The molecule has 2 heterocycles. The summed E-state index contributed by atoms with van der Waals surface area (Å²) in [5.41, 5.74) is 4.12. The molecule has 0 aliphatic rings. The van der Waals surface area contributed by atoms with Gasteiger partial charge in [-0.05, 0) is 24.3 Å². The van der Waals surface area contributed by atoms with E-state index in [0.29, 0.717) is 0 Å². The van der Waals surface area contributed by atoms with Crippen LogP contribution in [-0.2, 0) is 21.1 Å². The van der Waals surface area contributed by atoms with Gasteiger partial charge in [-0.25, -0.2) is 14.1 Å². The number of aryl methyl sites for hydroxylation is 3. The highest BCUT2D eigenvalue weighted by Gasteiger charge is 2.26. The van der Waals surface area contributed by atoms with Crippen LogP contribution in [0.5, 0.6) is 5.75 Å². The zero-order chi connectivity index (χ0) is 15.4. The minimum absolute atomic E-state index is 0.269. The van der Waals surface area contributed by atoms with E-state index in [4.69, 9.17) is 4.98 Å². The van der Waals surface area contributed by atoms with Crippen LogP contribution < -0.4 is 4.57 Å². The number of fused-ring (bicyclic) bond motifs is 2. The van der Waals surface area contributed by atoms with Gasteiger partial charge in [0.1, 0.15) is 5.75 Å². The highest BCUT2D eigenvalue weighted by molar-refractivity contribution is 5.81. The van der Waals surface area contributed by atoms with Gasteiger partial charge in [0.25, 0.3) is 0 Å². The predicted octanol–water partition coefficient (Wildman–Crippen LogP) is 2.26. The Morgan fingerprint density at radius 3 is 2.55 bits per heavy atom. The summed E-state index contributed by atoms with van der Waals surface area (Å²) in [6, 6.07) is 13.5. The first-order chi connectivity index (χ1) is 10.6. The highest BCUT2D eigenvalue weighted by atomic mass is 16.3. The Hall–Kier alpha value is -2.82. The molecule has 0 bridgehead atoms. The summed E-state index contributed by atoms with van der Waals surface area (Å²) in [7, 11) is 6.05. The molecule has 0 aliphatic heterocycles. The van der Waals surface area contributed by atoms with Crippen molar-refractivity contribution < 1.29 is 9.67 Å². The molecule has 2 aromatic heterocycles. The van der Waals surface area contributed by atoms with Crippen molar-refractivity contribution in [1.82, 2.24) is 14.1 Å². The molecule has 2 aromatic carbocycles. The van der Waals surface area contributed by atoms with Crippen molar-refractivity contribution in [2.45, 2.75) is 0 Å². The smallest absolute Gasteiger partial charge is 0.326 e. The van der Waals surface area contributed by atoms with Crippen LogP contribution in [0.15, 0.2) is 42.5 Å². The summed E-state index contributed by atoms with van der Waals surface area (Å²) in [5.74, 6) is 2.17. The first-order valence-corrected chi connectivity index (χ1v) is 7.17. The van der Waals surface area contributed by atoms with Crippen LogP contribution in [-0.4, -0.2) is 19.2 Å². The monoisotopic (exact) mass is 293 g/mol. The van der Waals surface area contributed by atoms with Crippen molar-refractivity contribution >= 4 is 22.1 Å². The van der Waals surface area contributed by atoms with E-state index in [-0.39, 0.29) is 5.75 Å². The van der Waals surface area contributed by atoms with Crippen molar-refractivity contribution in [2.24, 2.45) is 21.1 Å². The van der Waals surface area contributed by atoms with E-state index in [0.717, 1.165) is 33.7 Å². The van der Waals surface area contributed by atoms with Gasteiger partial charge in [-0.1, -0.05) is 12.1 Å². The third kappa shape index (κ3) is 1.59. The normalized spacial score (nSPS) is 11.6. The van der Waals surface area contributed by atoms with Crippen molar-refractivity contribution in [1.29, 1.82) is 0 Å². The number of rotatable bonds is 1. The van der Waals surface area contributed by atoms with Gasteiger partial charge in [-0.2, -0.15) is 0 Å². The van der Waals surface area contributed by atoms with Gasteiger partial charge < -0.3 is 9.67 Å². The maximum absolute atomic E-state index is 9.75. The van der Waals surface area contributed by atoms with Gasteiger partial charge in [0.15, 0.2) is 11.0 Å². The maximum atomic E-state index is 9.75. The molecule has 0 amide bonds. The van der Waals surface area contributed by atoms with E-state index in [2.05, 4.69) is 19.8 Å². The molecule has 0 radical (unpaired) electrons. The molecular formula is C17H17N4O+. The number of benzene rings is 2. The standard InChI is InChI=1S/C17H16N4O/c1-19-13-7-5-4-6-12(13)18-16(19)17-20(2)14-9-8-11(22)10-15(14)21(17)3/h4-10H,1-3H3/p+1. The van der Waals surface area contributed by atoms with Gasteiger partial charge in [-0.3, -0.25) is 0 Å². The third-order valence-corrected chi connectivity index (χ3v) is 4.30. The number of phenols is 1. The van der Waals surface area contributed by atoms with E-state index in [1.807, 2.05) is 45.4 Å². The Bertz CT molecular complexity index is 1030. The van der Waals surface area contributed by atoms with Crippen molar-refractivity contribution in [3.63, 3.8) is 0 Å². The van der Waals surface area contributed by atoms with Crippen LogP contribution in [0.2, 0.25) is 0 Å². The van der Waals surface area contributed by atoms with Crippen LogP contribution in [0.1, 0.15) is 0 Å². The van der Waals surface area contributed by atoms with E-state index in [9.17, 15) is 5.11 Å². The zero-order valence-corrected chi connectivity index (χ0v) is 12.8. The molecular weight excluding hydrogens is 276 g/mol. The number of aromatic nitrogens is 4. The Morgan fingerprint density at radius 1 is 1.00 bits per heavy atom. The van der Waals surface area contributed by atoms with Gasteiger partial charge in [0.05, 0.1) is 25.1 Å². The Kier molecular flexibility index (Phi) is 2.54. The van der Waals surface area contributed by atoms with Crippen molar-refractivity contribution in [2.75, 3.05) is 0 Å². The summed E-state index contributed by atoms with van der Waals surface area (Å²) in [5, 5.41) is 9.75. The number of para-hydroxylation sites is 2. The molecule has 0 unspecified atom stereocenters. The summed E-state index contributed by atoms with van der Waals surface area (Å²) in [6.07, 6.45) is 0. The first kappa shape index (κ1) is 12.9. The van der Waals surface area contributed by atoms with E-state index in [1.54, 1.807) is 12.1 Å². The number of hydrogen-bond donors (Lipinski definition) is 1. The number of aromatic hydroxyl groups is 1. The topological polar surface area (TPSA) is 46.9 Å². The molecule has 0 atom stereocenters. The van der Waals surface area contributed by atoms with E-state index in [1.165, 1.54) is 0 Å². The van der Waals surface area contributed by atoms with Gasteiger partial charge in [0, 0.05) is 13.1 Å². The lowest BCUT2D eigenvalue weighted by atomic mass is 10.3. The predicted molar refractivity (Wildman–Crippen MR) is 85.5 cm³/mol. The fourth-order valence-electron chi connectivity index (χ4n) is 3.16. The van der Waals surface area contributed by atoms with Crippen LogP contribution in [0.25, 0.3) is 33.7 Å². The fraction of sp³-hybridized carbons (Fsp3) is 0.176. The molecule has 0 spiro atoms. The fourth-order valence-corrected chi connectivity index (χ4v) is 3.16. The quantitative estimate of drug-likeness (QED) is 0.547. The number of phenolic OH excluding ortho intramolecular Hbond substituents is 1. The molecule has 0 saturated carbocycles. The van der Waals surface area contributed by atoms with Gasteiger partial charge >= 0.3 is 5.82 Å². The van der Waals surface area contributed by atoms with E-state index < -0.39 is 0 Å². The van der Waals surface area contributed by atoms with Crippen molar-refractivity contribution in [3.8, 4) is 17.4 Å². The molecule has 4 aromatic rings. The number of hydrogen-bond acceptors (Lipinski definition) is 2. The molecule has 0 aliphatic carbocycles. The minimum atomic E-state index is 0.269. The van der Waals surface area contributed by atoms with Crippen LogP contribution in [0.3, 0.4) is 0 Å². The molecule has 5 heteroatoms. The Labute approximate surface area is 127 Å². The van der Waals surface area contributed by atoms with E-state index >= 15 is 0 Å². The lowest BCUT2D eigenvalue weighted by Crippen LogP contribution is -2.31. The summed E-state index contributed by atoms with van der Waals surface area (Å²) in [4.78, 5) is 4.78. The second kappa shape index (κ2) is 4.34. The SMILES string of the molecule is Cn1c(-c2n(C)c3cc(O)ccc3[n+]2C)nc2ccccc21. The molecule has 4 rings (SSSR count). The molecule has 22 heavy (non-hydrogen) atoms. The lowest BCUT2D eigenvalue weighted by Gasteiger charge is -2.00. The minimum Gasteiger partial charge on any atom is -0.508 e. The maximum Gasteiger partial charge on any atom is 0.326 e. The lowest BCUT2D eigenvalue weighted by molar-refractivity contribution is -0.634. The Morgan fingerprint density at radius 2 is 1.77 bits per heavy atom. The van der Waals surface area contributed by atoms with Crippen LogP contribution in [0.4, 0.5) is 0 Å². The molecule has 1 N–H and O–H groups in total. The second-order valence-corrected chi connectivity index (χ2v) is 5.60. The number of imidazole rings is 2. The van der Waals surface area contributed by atoms with Crippen LogP contribution >= 0.6 is 0 Å². The third-order valence-electron chi connectivity index (χ3n) is 4.30. The van der Waals surface area contributed by atoms with Gasteiger partial charge in [0.2, 0.25) is 5.82 Å². The number of nitrogens with zero attached hydrogens (tertiary/aromatic N) is 4. The largest absolute Gasteiger partial charge is 0.508 e. The van der Waals surface area contributed by atoms with Gasteiger partial charge in [-0.15, -0.1) is 0 Å². The summed E-state index contributed by atoms with van der Waals surface area (Å²) >= 11 is 0.